The lowest BCUT2D eigenvalue weighted by Crippen LogP contribution is -2.28. The molecule has 7 heteroatoms. The van der Waals surface area contributed by atoms with Crippen molar-refractivity contribution >= 4 is 11.7 Å². The minimum absolute atomic E-state index is 0.192. The Morgan fingerprint density at radius 1 is 1.13 bits per heavy atom. The Kier molecular flexibility index (Phi) is 4.19. The van der Waals surface area contributed by atoms with Crippen LogP contribution in [0.5, 0.6) is 5.75 Å². The number of phenols is 1. The van der Waals surface area contributed by atoms with Crippen LogP contribution in [0.4, 0.5) is 10.5 Å². The molecule has 1 aromatic carbocycles. The molecule has 0 aliphatic rings. The third-order valence-electron chi connectivity index (χ3n) is 3.15. The number of nitrogens with zero attached hydrogens (tertiary/aromatic N) is 3. The number of aromatic nitrogens is 3. The fourth-order valence-electron chi connectivity index (χ4n) is 2.03. The van der Waals surface area contributed by atoms with E-state index in [-0.39, 0.29) is 11.8 Å². The second-order valence-electron chi connectivity index (χ2n) is 4.80. The van der Waals surface area contributed by atoms with E-state index in [1.54, 1.807) is 65.7 Å². The van der Waals surface area contributed by atoms with Crippen molar-refractivity contribution in [3.05, 3.63) is 66.6 Å². The fraction of sp³-hybridized carbons (Fsp3) is 0.0625. The average molecular weight is 309 g/mol. The number of nitrogens with one attached hydrogen (secondary N) is 2. The van der Waals surface area contributed by atoms with Crippen LogP contribution < -0.4 is 10.6 Å². The van der Waals surface area contributed by atoms with Crippen LogP contribution in [0.1, 0.15) is 5.56 Å². The zero-order chi connectivity index (χ0) is 16.1. The van der Waals surface area contributed by atoms with Gasteiger partial charge in [0.25, 0.3) is 0 Å². The second-order valence-corrected chi connectivity index (χ2v) is 4.80. The summed E-state index contributed by atoms with van der Waals surface area (Å²) in [6.07, 6.45) is 5.03. The molecule has 0 aliphatic carbocycles. The SMILES string of the molecule is O=C(NCc1ccc(O)cc1)Nc1cccnc1-n1cccn1. The molecule has 116 valence electrons. The van der Waals surface area contributed by atoms with Crippen LogP contribution in [0.15, 0.2) is 61.1 Å². The molecule has 0 bridgehead atoms. The Hall–Kier alpha value is -3.35. The number of aromatic hydroxyl groups is 1. The highest BCUT2D eigenvalue weighted by atomic mass is 16.3. The van der Waals surface area contributed by atoms with Gasteiger partial charge in [0.1, 0.15) is 5.75 Å². The summed E-state index contributed by atoms with van der Waals surface area (Å²) in [4.78, 5) is 16.3. The fourth-order valence-corrected chi connectivity index (χ4v) is 2.03. The van der Waals surface area contributed by atoms with Gasteiger partial charge in [0.05, 0.1) is 5.69 Å². The first kappa shape index (κ1) is 14.6. The van der Waals surface area contributed by atoms with Crippen molar-refractivity contribution < 1.29 is 9.90 Å². The third kappa shape index (κ3) is 3.65. The highest BCUT2D eigenvalue weighted by Crippen LogP contribution is 2.16. The molecule has 2 aromatic heterocycles. The number of carbonyl (C=O) groups excluding carboxylic acids is 1. The minimum Gasteiger partial charge on any atom is -0.508 e. The molecule has 0 saturated heterocycles. The van der Waals surface area contributed by atoms with E-state index in [4.69, 9.17) is 0 Å². The van der Waals surface area contributed by atoms with E-state index in [1.807, 2.05) is 0 Å². The molecule has 0 atom stereocenters. The molecule has 0 spiro atoms. The van der Waals surface area contributed by atoms with Crippen LogP contribution in [-0.4, -0.2) is 25.9 Å². The van der Waals surface area contributed by atoms with Crippen molar-refractivity contribution in [2.75, 3.05) is 5.32 Å². The summed E-state index contributed by atoms with van der Waals surface area (Å²) >= 11 is 0. The Bertz CT molecular complexity index is 784. The number of benzene rings is 1. The van der Waals surface area contributed by atoms with E-state index >= 15 is 0 Å². The monoisotopic (exact) mass is 309 g/mol. The second kappa shape index (κ2) is 6.61. The summed E-state index contributed by atoms with van der Waals surface area (Å²) in [6.45, 7) is 0.351. The molecule has 3 rings (SSSR count). The maximum absolute atomic E-state index is 12.0. The maximum Gasteiger partial charge on any atom is 0.319 e. The highest BCUT2D eigenvalue weighted by Gasteiger charge is 2.09. The summed E-state index contributed by atoms with van der Waals surface area (Å²) < 4.78 is 1.58. The number of carbonyl (C=O) groups is 1. The van der Waals surface area contributed by atoms with Crippen molar-refractivity contribution in [1.29, 1.82) is 0 Å². The van der Waals surface area contributed by atoms with E-state index in [0.717, 1.165) is 5.56 Å². The Labute approximate surface area is 132 Å². The van der Waals surface area contributed by atoms with Crippen LogP contribution in [-0.2, 0) is 6.54 Å². The quantitative estimate of drug-likeness (QED) is 0.689. The van der Waals surface area contributed by atoms with Crippen molar-refractivity contribution in [2.45, 2.75) is 6.54 Å². The first-order chi connectivity index (χ1) is 11.2. The van der Waals surface area contributed by atoms with Crippen molar-refractivity contribution in [2.24, 2.45) is 0 Å². The number of phenolic OH excluding ortho intramolecular Hbond substituents is 1. The third-order valence-corrected chi connectivity index (χ3v) is 3.15. The zero-order valence-corrected chi connectivity index (χ0v) is 12.2. The number of hydrogen-bond donors (Lipinski definition) is 3. The van der Waals surface area contributed by atoms with Gasteiger partial charge in [-0.3, -0.25) is 0 Å². The van der Waals surface area contributed by atoms with Crippen LogP contribution in [0, 0.1) is 0 Å². The standard InChI is InChI=1S/C16H15N5O2/c22-13-6-4-12(5-7-13)11-18-16(23)20-14-3-1-8-17-15(14)21-10-2-9-19-21/h1-10,22H,11H2,(H2,18,20,23). The van der Waals surface area contributed by atoms with Gasteiger partial charge in [-0.1, -0.05) is 12.1 Å². The lowest BCUT2D eigenvalue weighted by atomic mass is 10.2. The highest BCUT2D eigenvalue weighted by molar-refractivity contribution is 5.90. The Morgan fingerprint density at radius 3 is 2.70 bits per heavy atom. The first-order valence-electron chi connectivity index (χ1n) is 7.00. The summed E-state index contributed by atoms with van der Waals surface area (Å²) in [6, 6.07) is 11.6. The molecule has 0 fully saturated rings. The predicted molar refractivity (Wildman–Crippen MR) is 85.3 cm³/mol. The van der Waals surface area contributed by atoms with Gasteiger partial charge in [-0.05, 0) is 35.9 Å². The van der Waals surface area contributed by atoms with Crippen molar-refractivity contribution in [3.63, 3.8) is 0 Å². The molecule has 0 unspecified atom stereocenters. The van der Waals surface area contributed by atoms with Gasteiger partial charge in [0.15, 0.2) is 5.82 Å². The lowest BCUT2D eigenvalue weighted by Gasteiger charge is -2.11. The number of hydrogen-bond acceptors (Lipinski definition) is 4. The lowest BCUT2D eigenvalue weighted by molar-refractivity contribution is 0.251. The Balaban J connectivity index is 1.65. The number of amides is 2. The van der Waals surface area contributed by atoms with Crippen LogP contribution in [0.2, 0.25) is 0 Å². The summed E-state index contributed by atoms with van der Waals surface area (Å²) in [5.74, 6) is 0.731. The van der Waals surface area contributed by atoms with Crippen LogP contribution in [0.3, 0.4) is 0 Å². The summed E-state index contributed by atoms with van der Waals surface area (Å²) in [5, 5.41) is 18.9. The van der Waals surface area contributed by atoms with E-state index in [2.05, 4.69) is 20.7 Å². The molecule has 3 aromatic rings. The van der Waals surface area contributed by atoms with Gasteiger partial charge in [-0.2, -0.15) is 5.10 Å². The maximum atomic E-state index is 12.0. The van der Waals surface area contributed by atoms with Gasteiger partial charge in [0, 0.05) is 25.1 Å². The van der Waals surface area contributed by atoms with Gasteiger partial charge < -0.3 is 15.7 Å². The predicted octanol–water partition coefficient (Wildman–Crippen LogP) is 2.29. The van der Waals surface area contributed by atoms with Gasteiger partial charge in [-0.25, -0.2) is 14.5 Å². The largest absolute Gasteiger partial charge is 0.508 e. The topological polar surface area (TPSA) is 92.1 Å². The molecular weight excluding hydrogens is 294 g/mol. The van der Waals surface area contributed by atoms with E-state index < -0.39 is 0 Å². The van der Waals surface area contributed by atoms with E-state index in [0.29, 0.717) is 18.1 Å². The molecule has 0 saturated carbocycles. The molecule has 2 heterocycles. The molecule has 0 aliphatic heterocycles. The van der Waals surface area contributed by atoms with Crippen LogP contribution >= 0.6 is 0 Å². The molecule has 2 amide bonds. The van der Waals surface area contributed by atoms with Gasteiger partial charge >= 0.3 is 6.03 Å². The van der Waals surface area contributed by atoms with E-state index in [1.165, 1.54) is 0 Å². The van der Waals surface area contributed by atoms with Gasteiger partial charge in [0.2, 0.25) is 0 Å². The molecule has 23 heavy (non-hydrogen) atoms. The minimum atomic E-state index is -0.348. The average Bonchev–Trinajstić information content (AvgIpc) is 3.09. The number of pyridine rings is 1. The first-order valence-corrected chi connectivity index (χ1v) is 7.00. The van der Waals surface area contributed by atoms with E-state index in [9.17, 15) is 9.90 Å². The summed E-state index contributed by atoms with van der Waals surface area (Å²) in [5.41, 5.74) is 1.44. The van der Waals surface area contributed by atoms with Gasteiger partial charge in [-0.15, -0.1) is 0 Å². The van der Waals surface area contributed by atoms with Crippen molar-refractivity contribution in [3.8, 4) is 11.6 Å². The molecular formula is C16H15N5O2. The normalized spacial score (nSPS) is 10.3. The number of rotatable bonds is 4. The Morgan fingerprint density at radius 2 is 1.96 bits per heavy atom. The van der Waals surface area contributed by atoms with Crippen molar-refractivity contribution in [1.82, 2.24) is 20.1 Å². The smallest absolute Gasteiger partial charge is 0.319 e. The molecule has 3 N–H and O–H groups in total. The molecule has 0 radical (unpaired) electrons. The summed E-state index contributed by atoms with van der Waals surface area (Å²) in [7, 11) is 0. The van der Waals surface area contributed by atoms with Crippen LogP contribution in [0.25, 0.3) is 5.82 Å². The molecule has 7 nitrogen and oxygen atoms in total. The zero-order valence-electron chi connectivity index (χ0n) is 12.2. The number of urea groups is 1. The number of anilines is 1.